The molecule has 4 aromatic carbocycles. The summed E-state index contributed by atoms with van der Waals surface area (Å²) < 4.78 is 0. The predicted molar refractivity (Wildman–Crippen MR) is 166 cm³/mol. The van der Waals surface area contributed by atoms with Crippen LogP contribution in [0.5, 0.6) is 0 Å². The lowest BCUT2D eigenvalue weighted by Gasteiger charge is -2.19. The molecule has 4 aromatic rings. The van der Waals surface area contributed by atoms with Crippen LogP contribution in [-0.4, -0.2) is 18.5 Å². The maximum absolute atomic E-state index is 5.02. The first-order valence-electron chi connectivity index (χ1n) is 12.7. The van der Waals surface area contributed by atoms with Crippen LogP contribution in [0.15, 0.2) is 162 Å². The van der Waals surface area contributed by atoms with E-state index in [-0.39, 0.29) is 0 Å². The van der Waals surface area contributed by atoms with Gasteiger partial charge in [0.1, 0.15) is 0 Å². The lowest BCUT2D eigenvalue weighted by Crippen LogP contribution is -2.14. The van der Waals surface area contributed by atoms with Crippen LogP contribution in [0.2, 0.25) is 0 Å². The molecule has 0 heterocycles. The van der Waals surface area contributed by atoms with Crippen LogP contribution in [-0.2, 0) is 0 Å². The molecule has 1 aliphatic carbocycles. The summed E-state index contributed by atoms with van der Waals surface area (Å²) >= 11 is 0. The van der Waals surface area contributed by atoms with Gasteiger partial charge in [0.15, 0.2) is 0 Å². The highest BCUT2D eigenvalue weighted by atomic mass is 31.1. The number of hydrogen-bond acceptors (Lipinski definition) is 1. The largest absolute Gasteiger partial charge is 0.261 e. The van der Waals surface area contributed by atoms with Gasteiger partial charge >= 0.3 is 0 Å². The van der Waals surface area contributed by atoms with E-state index in [1.54, 1.807) is 0 Å². The fourth-order valence-corrected chi connectivity index (χ4v) is 8.67. The first-order chi connectivity index (χ1) is 18.4. The van der Waals surface area contributed by atoms with Crippen molar-refractivity contribution in [3.05, 3.63) is 157 Å². The maximum atomic E-state index is 5.02. The van der Waals surface area contributed by atoms with Crippen molar-refractivity contribution in [3.8, 4) is 0 Å². The minimum Gasteiger partial charge on any atom is -0.261 e. The Kier molecular flexibility index (Phi) is 9.06. The monoisotopic (exact) mass is 515 g/mol. The maximum Gasteiger partial charge on any atom is 0.0657 e. The van der Waals surface area contributed by atoms with Gasteiger partial charge in [-0.2, -0.15) is 0 Å². The van der Waals surface area contributed by atoms with E-state index in [1.165, 1.54) is 26.8 Å². The third kappa shape index (κ3) is 6.90. The van der Waals surface area contributed by atoms with Gasteiger partial charge in [-0.05, 0) is 61.3 Å². The Bertz CT molecular complexity index is 1300. The normalized spacial score (nSPS) is 14.5. The highest BCUT2D eigenvalue weighted by Gasteiger charge is 2.15. The Labute approximate surface area is 223 Å². The van der Waals surface area contributed by atoms with Crippen molar-refractivity contribution in [2.45, 2.75) is 6.42 Å². The van der Waals surface area contributed by atoms with Gasteiger partial charge in [0.2, 0.25) is 0 Å². The van der Waals surface area contributed by atoms with Gasteiger partial charge in [0.25, 0.3) is 0 Å². The van der Waals surface area contributed by atoms with Crippen molar-refractivity contribution in [1.29, 1.82) is 0 Å². The molecule has 0 radical (unpaired) electrons. The highest BCUT2D eigenvalue weighted by Crippen LogP contribution is 2.35. The first kappa shape index (κ1) is 25.3. The lowest BCUT2D eigenvalue weighted by atomic mass is 10.0. The predicted octanol–water partition coefficient (Wildman–Crippen LogP) is 7.09. The highest BCUT2D eigenvalue weighted by molar-refractivity contribution is 7.73. The third-order valence-electron chi connectivity index (χ3n) is 6.34. The quantitative estimate of drug-likeness (QED) is 0.167. The van der Waals surface area contributed by atoms with Crippen LogP contribution < -0.4 is 21.2 Å². The molecule has 0 bridgehead atoms. The number of aliphatic imine (C=N–C) groups is 1. The molecule has 182 valence electrons. The average Bonchev–Trinajstić information content (AvgIpc) is 2.98. The van der Waals surface area contributed by atoms with Crippen LogP contribution in [0.25, 0.3) is 0 Å². The van der Waals surface area contributed by atoms with Crippen molar-refractivity contribution < 1.29 is 0 Å². The Hall–Kier alpha value is -3.37. The summed E-state index contributed by atoms with van der Waals surface area (Å²) in [6.07, 6.45) is 14.0. The zero-order chi connectivity index (χ0) is 25.1. The topological polar surface area (TPSA) is 12.4 Å². The number of hydrogen-bond donors (Lipinski definition) is 0. The molecule has 0 saturated heterocycles. The molecule has 0 saturated carbocycles. The molecule has 0 atom stereocenters. The molecular weight excluding hydrogens is 484 g/mol. The van der Waals surface area contributed by atoms with E-state index in [4.69, 9.17) is 4.99 Å². The van der Waals surface area contributed by atoms with E-state index in [9.17, 15) is 0 Å². The molecule has 0 aliphatic heterocycles. The number of nitrogens with zero attached hydrogens (tertiary/aromatic N) is 1. The second kappa shape index (κ2) is 13.3. The van der Waals surface area contributed by atoms with Gasteiger partial charge in [-0.1, -0.05) is 140 Å². The number of rotatable bonds is 9. The van der Waals surface area contributed by atoms with Gasteiger partial charge < -0.3 is 0 Å². The second-order valence-corrected chi connectivity index (χ2v) is 13.3. The van der Waals surface area contributed by atoms with E-state index in [0.717, 1.165) is 24.4 Å². The van der Waals surface area contributed by atoms with Crippen molar-refractivity contribution in [1.82, 2.24) is 0 Å². The van der Waals surface area contributed by atoms with Gasteiger partial charge in [-0.15, -0.1) is 0 Å². The molecule has 0 fully saturated rings. The molecule has 5 rings (SSSR count). The summed E-state index contributed by atoms with van der Waals surface area (Å²) in [6.45, 7) is 0. The Balaban J connectivity index is 1.35. The fourth-order valence-electron chi connectivity index (χ4n) is 4.45. The SMILES string of the molecule is C1=CCC(=CCP(c2ccccc2)c2ccccc2)C(N=CCP(c2ccccc2)c2ccccc2)=C1. The molecule has 3 heteroatoms. The van der Waals surface area contributed by atoms with Crippen molar-refractivity contribution in [2.75, 3.05) is 12.3 Å². The molecular formula is C34H31NP2. The number of allylic oxidation sites excluding steroid dienone is 5. The van der Waals surface area contributed by atoms with Crippen molar-refractivity contribution >= 4 is 43.3 Å². The Morgan fingerprint density at radius 3 is 1.46 bits per heavy atom. The van der Waals surface area contributed by atoms with Crippen molar-refractivity contribution in [3.63, 3.8) is 0 Å². The standard InChI is InChI=1S/C34H31NP2/c1-5-16-30(17-6-1)36(31-18-7-2-8-19-31)27-25-29-15-13-14-24-34(29)35-26-28-37(32-20-9-3-10-21-32)33-22-11-4-12-23-33/h1-14,16-26H,15,27-28H2. The summed E-state index contributed by atoms with van der Waals surface area (Å²) in [5, 5.41) is 5.61. The molecule has 1 nitrogen and oxygen atoms in total. The lowest BCUT2D eigenvalue weighted by molar-refractivity contribution is 1.15. The van der Waals surface area contributed by atoms with E-state index < -0.39 is 15.8 Å². The Morgan fingerprint density at radius 2 is 1.00 bits per heavy atom. The zero-order valence-corrected chi connectivity index (χ0v) is 22.7. The number of benzene rings is 4. The average molecular weight is 516 g/mol. The van der Waals surface area contributed by atoms with E-state index in [2.05, 4.69) is 152 Å². The zero-order valence-electron chi connectivity index (χ0n) is 20.9. The van der Waals surface area contributed by atoms with Crippen LogP contribution in [0.3, 0.4) is 0 Å². The van der Waals surface area contributed by atoms with Gasteiger partial charge in [-0.25, -0.2) is 0 Å². The molecule has 0 unspecified atom stereocenters. The molecule has 0 amide bonds. The second-order valence-electron chi connectivity index (χ2n) is 8.79. The summed E-state index contributed by atoms with van der Waals surface area (Å²) in [7, 11) is -0.937. The van der Waals surface area contributed by atoms with Crippen LogP contribution in [0, 0.1) is 0 Å². The first-order valence-corrected chi connectivity index (χ1v) is 15.8. The summed E-state index contributed by atoms with van der Waals surface area (Å²) in [5.41, 5.74) is 2.41. The van der Waals surface area contributed by atoms with E-state index in [1.807, 2.05) is 0 Å². The molecule has 0 spiro atoms. The molecule has 0 N–H and O–H groups in total. The summed E-state index contributed by atoms with van der Waals surface area (Å²) in [6, 6.07) is 43.6. The van der Waals surface area contributed by atoms with Crippen LogP contribution in [0.4, 0.5) is 0 Å². The molecule has 37 heavy (non-hydrogen) atoms. The van der Waals surface area contributed by atoms with Gasteiger partial charge in [0.05, 0.1) is 5.70 Å². The fraction of sp³-hybridized carbons (Fsp3) is 0.0882. The molecule has 0 aromatic heterocycles. The Morgan fingerprint density at radius 1 is 0.568 bits per heavy atom. The smallest absolute Gasteiger partial charge is 0.0657 e. The minimum atomic E-state index is -0.482. The van der Waals surface area contributed by atoms with Crippen LogP contribution >= 0.6 is 15.8 Å². The minimum absolute atomic E-state index is 0.455. The summed E-state index contributed by atoms with van der Waals surface area (Å²) in [5.74, 6) is 0. The van der Waals surface area contributed by atoms with Crippen LogP contribution in [0.1, 0.15) is 6.42 Å². The van der Waals surface area contributed by atoms with E-state index in [0.29, 0.717) is 0 Å². The van der Waals surface area contributed by atoms with Crippen molar-refractivity contribution in [2.24, 2.45) is 4.99 Å². The van der Waals surface area contributed by atoms with Gasteiger partial charge in [0, 0.05) is 12.4 Å². The van der Waals surface area contributed by atoms with E-state index >= 15 is 0 Å². The molecule has 1 aliphatic rings. The summed E-state index contributed by atoms with van der Waals surface area (Å²) in [4.78, 5) is 5.02. The third-order valence-corrected chi connectivity index (χ3v) is 11.1. The van der Waals surface area contributed by atoms with Gasteiger partial charge in [-0.3, -0.25) is 4.99 Å².